The smallest absolute Gasteiger partial charge is 0.459 e. The molecule has 0 aliphatic heterocycles. The van der Waals surface area contributed by atoms with Gasteiger partial charge >= 0.3 is 54.3 Å². The first kappa shape index (κ1) is 32.8. The zero-order valence-electron chi connectivity index (χ0n) is 14.7. The van der Waals surface area contributed by atoms with E-state index in [1.54, 1.807) is 0 Å². The van der Waals surface area contributed by atoms with Crippen molar-refractivity contribution in [1.82, 2.24) is 0 Å². The number of hydrogen-bond donors (Lipinski definition) is 0. The number of carbonyl (C=O) groups excluding carboxylic acids is 1. The lowest BCUT2D eigenvalue weighted by atomic mass is 9.62. The molecule has 0 atom stereocenters. The molecule has 0 rings (SSSR count). The summed E-state index contributed by atoms with van der Waals surface area (Å²) in [4.78, 5) is 9.81. The fourth-order valence-electron chi connectivity index (χ4n) is 2.41. The average Bonchev–Trinajstić information content (AvgIpc) is 2.48. The predicted octanol–water partition coefficient (Wildman–Crippen LogP) is 5.79. The Morgan fingerprint density at radius 2 is 0.686 bits per heavy atom. The Kier molecular flexibility index (Phi) is 7.40. The third-order valence-corrected chi connectivity index (χ3v) is 3.92. The van der Waals surface area contributed by atoms with E-state index in [0.29, 0.717) is 0 Å². The van der Waals surface area contributed by atoms with Gasteiger partial charge in [0, 0.05) is 0 Å². The Labute approximate surface area is 174 Å². The second-order valence-corrected chi connectivity index (χ2v) is 5.98. The van der Waals surface area contributed by atoms with Gasteiger partial charge in [0.05, 0.1) is 0 Å². The van der Waals surface area contributed by atoms with E-state index in [9.17, 15) is 102 Å². The Hall–Kier alpha value is -2.20. The number of hydrogen-bond acceptors (Lipinski definition) is 3. The van der Waals surface area contributed by atoms with Crippen LogP contribution in [0.4, 0.5) is 97.0 Å². The maximum atomic E-state index is 14.0. The molecule has 0 radical (unpaired) electrons. The van der Waals surface area contributed by atoms with Gasteiger partial charge in [0.15, 0.2) is 0 Å². The number of halogens is 21. The van der Waals surface area contributed by atoms with Gasteiger partial charge in [0.1, 0.15) is 0 Å². The molecule has 0 spiro atoms. The maximum absolute atomic E-state index is 14.0. The summed E-state index contributed by atoms with van der Waals surface area (Å²) in [6.07, 6.45) is -39.3. The molecule has 0 aromatic heterocycles. The lowest BCUT2D eigenvalue weighted by Gasteiger charge is -2.54. The standard InChI is InChI=1S/C11HF21O3/c12-3(13,7(20,21)10(28,29)30)2(4(14,15)8(22,23)24,5(16,17)9(25,26)27)6(18,19)11(31,32)35-1(33)34/h(H,33,34)/p-1. The van der Waals surface area contributed by atoms with Crippen molar-refractivity contribution < 1.29 is 107 Å². The van der Waals surface area contributed by atoms with Gasteiger partial charge in [-0.3, -0.25) is 0 Å². The van der Waals surface area contributed by atoms with Crippen LogP contribution in [-0.4, -0.2) is 60.4 Å². The van der Waals surface area contributed by atoms with Crippen molar-refractivity contribution in [3.8, 4) is 0 Å². The van der Waals surface area contributed by atoms with E-state index in [-0.39, 0.29) is 0 Å². The Bertz CT molecular complexity index is 773. The minimum Gasteiger partial charge on any atom is -0.485 e. The first-order valence-electron chi connectivity index (χ1n) is 7.04. The van der Waals surface area contributed by atoms with Crippen molar-refractivity contribution in [3.63, 3.8) is 0 Å². The van der Waals surface area contributed by atoms with E-state index in [2.05, 4.69) is 0 Å². The summed E-state index contributed by atoms with van der Waals surface area (Å²) in [5.41, 5.74) is -10.3. The number of ether oxygens (including phenoxy) is 1. The van der Waals surface area contributed by atoms with Crippen molar-refractivity contribution in [2.24, 2.45) is 5.41 Å². The van der Waals surface area contributed by atoms with Crippen molar-refractivity contribution in [3.05, 3.63) is 0 Å². The lowest BCUT2D eigenvalue weighted by Crippen LogP contribution is -2.84. The molecule has 35 heavy (non-hydrogen) atoms. The topological polar surface area (TPSA) is 49.4 Å². The van der Waals surface area contributed by atoms with Crippen LogP contribution in [0.1, 0.15) is 0 Å². The van der Waals surface area contributed by atoms with Crippen molar-refractivity contribution >= 4 is 6.16 Å². The third-order valence-electron chi connectivity index (χ3n) is 3.92. The summed E-state index contributed by atoms with van der Waals surface area (Å²) in [5.74, 6) is -48.2. The summed E-state index contributed by atoms with van der Waals surface area (Å²) in [7, 11) is 0. The van der Waals surface area contributed by atoms with Crippen LogP contribution in [0.2, 0.25) is 0 Å². The van der Waals surface area contributed by atoms with E-state index in [1.807, 2.05) is 0 Å². The fourth-order valence-corrected chi connectivity index (χ4v) is 2.41. The Morgan fingerprint density at radius 3 is 0.886 bits per heavy atom. The van der Waals surface area contributed by atoms with E-state index >= 15 is 0 Å². The first-order chi connectivity index (χ1) is 14.7. The van der Waals surface area contributed by atoms with Crippen molar-refractivity contribution in [1.29, 1.82) is 0 Å². The highest BCUT2D eigenvalue weighted by molar-refractivity contribution is 5.54. The molecule has 3 nitrogen and oxygen atoms in total. The zero-order valence-corrected chi connectivity index (χ0v) is 14.7. The third kappa shape index (κ3) is 4.02. The van der Waals surface area contributed by atoms with Crippen LogP contribution in [0.25, 0.3) is 0 Å². The first-order valence-corrected chi connectivity index (χ1v) is 7.04. The largest absolute Gasteiger partial charge is 0.485 e. The summed E-state index contributed by atoms with van der Waals surface area (Å²) in [6, 6.07) is 0. The van der Waals surface area contributed by atoms with E-state index in [0.717, 1.165) is 0 Å². The van der Waals surface area contributed by atoms with E-state index in [1.165, 1.54) is 4.74 Å². The van der Waals surface area contributed by atoms with Crippen molar-refractivity contribution in [2.45, 2.75) is 54.3 Å². The van der Waals surface area contributed by atoms with Crippen LogP contribution in [0.5, 0.6) is 0 Å². The summed E-state index contributed by atoms with van der Waals surface area (Å²) in [5, 5.41) is 9.81. The quantitative estimate of drug-likeness (QED) is 0.284. The molecule has 0 fully saturated rings. The van der Waals surface area contributed by atoms with Crippen LogP contribution in [0, 0.1) is 5.41 Å². The molecule has 0 N–H and O–H groups in total. The van der Waals surface area contributed by atoms with Crippen LogP contribution in [-0.2, 0) is 4.74 Å². The number of carbonyl (C=O) groups is 1. The molecule has 0 heterocycles. The van der Waals surface area contributed by atoms with E-state index in [4.69, 9.17) is 0 Å². The molecule has 0 unspecified atom stereocenters. The maximum Gasteiger partial charge on any atom is 0.459 e. The van der Waals surface area contributed by atoms with Crippen LogP contribution < -0.4 is 5.11 Å². The normalized spacial score (nSPS) is 16.4. The molecule has 210 valence electrons. The minimum atomic E-state index is -10.3. The van der Waals surface area contributed by atoms with Gasteiger partial charge in [-0.2, -0.15) is 92.2 Å². The van der Waals surface area contributed by atoms with Crippen LogP contribution in [0.15, 0.2) is 0 Å². The summed E-state index contributed by atoms with van der Waals surface area (Å²) in [6.45, 7) is 0. The van der Waals surface area contributed by atoms with Crippen molar-refractivity contribution in [2.75, 3.05) is 0 Å². The molecular formula is C11F21O3-. The van der Waals surface area contributed by atoms with Gasteiger partial charge in [0.25, 0.3) is 11.6 Å². The fraction of sp³-hybridized carbons (Fsp3) is 0.909. The average molecular weight is 579 g/mol. The highest BCUT2D eigenvalue weighted by Crippen LogP contribution is 2.76. The molecule has 0 amide bonds. The summed E-state index contributed by atoms with van der Waals surface area (Å²) < 4.78 is 278. The second-order valence-electron chi connectivity index (χ2n) is 5.98. The van der Waals surface area contributed by atoms with Gasteiger partial charge in [-0.25, -0.2) is 0 Å². The number of carboxylic acid groups (broad SMARTS) is 1. The van der Waals surface area contributed by atoms with Crippen LogP contribution >= 0.6 is 0 Å². The molecule has 0 bridgehead atoms. The van der Waals surface area contributed by atoms with E-state index < -0.39 is 65.8 Å². The molecular weight excluding hydrogens is 579 g/mol. The monoisotopic (exact) mass is 579 g/mol. The SMILES string of the molecule is O=C([O-])OC(F)(F)C(F)(F)C(C(F)(F)C(F)(F)F)(C(F)(F)C(F)(F)F)C(F)(F)C(F)(F)C(F)(F)F. The highest BCUT2D eigenvalue weighted by atomic mass is 19.4. The molecule has 0 aliphatic carbocycles. The predicted molar refractivity (Wildman–Crippen MR) is 56.8 cm³/mol. The molecule has 0 saturated heterocycles. The lowest BCUT2D eigenvalue weighted by molar-refractivity contribution is -0.541. The molecule has 24 heteroatoms. The highest BCUT2D eigenvalue weighted by Gasteiger charge is 3.06. The molecule has 0 aromatic carbocycles. The molecule has 0 saturated carbocycles. The Morgan fingerprint density at radius 1 is 0.429 bits per heavy atom. The molecule has 0 aromatic rings. The zero-order chi connectivity index (χ0) is 29.3. The second kappa shape index (κ2) is 7.90. The van der Waals surface area contributed by atoms with Gasteiger partial charge in [-0.05, 0) is 0 Å². The van der Waals surface area contributed by atoms with Gasteiger partial charge in [0.2, 0.25) is 0 Å². The van der Waals surface area contributed by atoms with Gasteiger partial charge in [-0.1, -0.05) is 0 Å². The van der Waals surface area contributed by atoms with Crippen LogP contribution in [0.3, 0.4) is 0 Å². The number of rotatable bonds is 7. The minimum absolute atomic E-state index is 1.38. The molecule has 0 aliphatic rings. The Balaban J connectivity index is 8.70. The summed E-state index contributed by atoms with van der Waals surface area (Å²) >= 11 is 0. The van der Waals surface area contributed by atoms with Gasteiger partial charge in [-0.15, -0.1) is 0 Å². The van der Waals surface area contributed by atoms with Gasteiger partial charge < -0.3 is 14.6 Å². The number of alkyl halides is 21.